The average Bonchev–Trinajstić information content (AvgIpc) is 1.76. The number of hydrogen-bond acceptors (Lipinski definition) is 2. The SMILES string of the molecule is [C]1=NCCS1.[Co]. The molecule has 36 valence electrons. The van der Waals surface area contributed by atoms with Crippen molar-refractivity contribution in [2.45, 2.75) is 0 Å². The fraction of sp³-hybridized carbons (Fsp3) is 0.667. The zero-order valence-electron chi connectivity index (χ0n) is 3.10. The Kier molecular flexibility index (Phi) is 4.03. The summed E-state index contributed by atoms with van der Waals surface area (Å²) in [5.74, 6) is 1.14. The van der Waals surface area contributed by atoms with Gasteiger partial charge in [-0.25, -0.2) is 0 Å². The summed E-state index contributed by atoms with van der Waals surface area (Å²) in [5, 5.41) is 0. The van der Waals surface area contributed by atoms with E-state index in [9.17, 15) is 0 Å². The van der Waals surface area contributed by atoms with E-state index in [1.807, 2.05) is 0 Å². The molecular formula is C3H4CoNS. The number of hydrogen-bond donors (Lipinski definition) is 0. The Hall–Kier alpha value is 0.526. The van der Waals surface area contributed by atoms with Gasteiger partial charge in [0.2, 0.25) is 0 Å². The first-order chi connectivity index (χ1) is 2.50. The molecular weight excluding hydrogens is 141 g/mol. The number of thioether (sulfide) groups is 1. The summed E-state index contributed by atoms with van der Waals surface area (Å²) in [6, 6.07) is 0. The van der Waals surface area contributed by atoms with Crippen LogP contribution in [0.2, 0.25) is 0 Å². The van der Waals surface area contributed by atoms with E-state index in [1.54, 1.807) is 11.8 Å². The van der Waals surface area contributed by atoms with Crippen LogP contribution >= 0.6 is 11.8 Å². The summed E-state index contributed by atoms with van der Waals surface area (Å²) in [6.07, 6.45) is 0. The van der Waals surface area contributed by atoms with Gasteiger partial charge in [-0.1, -0.05) is 0 Å². The predicted molar refractivity (Wildman–Crippen MR) is 24.8 cm³/mol. The molecule has 0 unspecified atom stereocenters. The van der Waals surface area contributed by atoms with Gasteiger partial charge in [-0.2, -0.15) is 0 Å². The Morgan fingerprint density at radius 1 is 1.67 bits per heavy atom. The molecule has 1 rings (SSSR count). The van der Waals surface area contributed by atoms with Crippen molar-refractivity contribution in [2.24, 2.45) is 4.99 Å². The first kappa shape index (κ1) is 6.53. The van der Waals surface area contributed by atoms with E-state index in [1.165, 1.54) is 0 Å². The van der Waals surface area contributed by atoms with Crippen LogP contribution < -0.4 is 0 Å². The zero-order valence-corrected chi connectivity index (χ0v) is 4.96. The van der Waals surface area contributed by atoms with Gasteiger partial charge in [0.05, 0.1) is 0 Å². The Bertz CT molecular complexity index is 48.8. The topological polar surface area (TPSA) is 12.4 Å². The van der Waals surface area contributed by atoms with Crippen molar-refractivity contribution in [3.05, 3.63) is 0 Å². The van der Waals surface area contributed by atoms with E-state index >= 15 is 0 Å². The Balaban J connectivity index is 0.000000250. The van der Waals surface area contributed by atoms with Crippen molar-refractivity contribution in [2.75, 3.05) is 12.3 Å². The fourth-order valence-corrected chi connectivity index (χ4v) is 0.685. The van der Waals surface area contributed by atoms with E-state index in [0.29, 0.717) is 0 Å². The van der Waals surface area contributed by atoms with Crippen molar-refractivity contribution >= 4 is 17.3 Å². The van der Waals surface area contributed by atoms with Crippen molar-refractivity contribution in [1.29, 1.82) is 0 Å². The van der Waals surface area contributed by atoms with E-state index in [4.69, 9.17) is 0 Å². The monoisotopic (exact) mass is 145 g/mol. The van der Waals surface area contributed by atoms with Crippen LogP contribution in [-0.2, 0) is 16.8 Å². The second-order valence-electron chi connectivity index (χ2n) is 0.821. The molecule has 1 aliphatic rings. The summed E-state index contributed by atoms with van der Waals surface area (Å²) in [5.41, 5.74) is 2.76. The normalized spacial score (nSPS) is 17.3. The van der Waals surface area contributed by atoms with Crippen molar-refractivity contribution in [3.8, 4) is 0 Å². The summed E-state index contributed by atoms with van der Waals surface area (Å²) < 4.78 is 0. The van der Waals surface area contributed by atoms with E-state index in [2.05, 4.69) is 10.5 Å². The van der Waals surface area contributed by atoms with Gasteiger partial charge < -0.3 is 0 Å². The second kappa shape index (κ2) is 3.71. The van der Waals surface area contributed by atoms with Crippen molar-refractivity contribution in [3.63, 3.8) is 0 Å². The molecule has 2 radical (unpaired) electrons. The van der Waals surface area contributed by atoms with Crippen LogP contribution in [0.3, 0.4) is 0 Å². The maximum atomic E-state index is 3.80. The quantitative estimate of drug-likeness (QED) is 0.487. The van der Waals surface area contributed by atoms with Gasteiger partial charge in [0.15, 0.2) is 0 Å². The number of aliphatic imine (C=N–C) groups is 1. The molecule has 6 heavy (non-hydrogen) atoms. The number of rotatable bonds is 0. The van der Waals surface area contributed by atoms with Crippen LogP contribution in [-0.4, -0.2) is 17.8 Å². The van der Waals surface area contributed by atoms with Gasteiger partial charge in [-0.3, -0.25) is 4.99 Å². The third kappa shape index (κ3) is 1.84. The van der Waals surface area contributed by atoms with Gasteiger partial charge in [0.1, 0.15) is 5.55 Å². The maximum Gasteiger partial charge on any atom is 0.122 e. The third-order valence-electron chi connectivity index (χ3n) is 0.434. The Morgan fingerprint density at radius 2 is 2.50 bits per heavy atom. The predicted octanol–water partition coefficient (Wildman–Crippen LogP) is 0.636. The molecule has 0 spiro atoms. The molecule has 0 aliphatic carbocycles. The molecule has 0 saturated carbocycles. The number of nitrogens with zero attached hydrogens (tertiary/aromatic N) is 1. The van der Waals surface area contributed by atoms with Gasteiger partial charge in [-0.15, -0.1) is 11.8 Å². The molecule has 0 aromatic heterocycles. The summed E-state index contributed by atoms with van der Waals surface area (Å²) in [7, 11) is 0. The average molecular weight is 145 g/mol. The van der Waals surface area contributed by atoms with E-state index in [0.717, 1.165) is 12.3 Å². The molecule has 1 nitrogen and oxygen atoms in total. The van der Waals surface area contributed by atoms with Gasteiger partial charge in [0, 0.05) is 29.1 Å². The minimum absolute atomic E-state index is 0. The molecule has 3 heteroatoms. The standard InChI is InChI=1S/C3H4NS.Co/c1-2-5-3-4-1;/h1-2H2;. The van der Waals surface area contributed by atoms with Crippen LogP contribution in [0, 0.1) is 0 Å². The van der Waals surface area contributed by atoms with Crippen LogP contribution in [0.4, 0.5) is 0 Å². The van der Waals surface area contributed by atoms with Crippen molar-refractivity contribution in [1.82, 2.24) is 0 Å². The summed E-state index contributed by atoms with van der Waals surface area (Å²) >= 11 is 1.66. The van der Waals surface area contributed by atoms with Gasteiger partial charge in [-0.05, 0) is 0 Å². The molecule has 0 amide bonds. The molecule has 0 saturated heterocycles. The van der Waals surface area contributed by atoms with Gasteiger partial charge >= 0.3 is 0 Å². The molecule has 1 heterocycles. The van der Waals surface area contributed by atoms with Crippen molar-refractivity contribution < 1.29 is 16.8 Å². The molecule has 0 atom stereocenters. The second-order valence-corrected chi connectivity index (χ2v) is 1.70. The van der Waals surface area contributed by atoms with Crippen LogP contribution in [0.25, 0.3) is 0 Å². The Labute approximate surface area is 51.8 Å². The molecule has 0 N–H and O–H groups in total. The maximum absolute atomic E-state index is 3.80. The molecule has 0 aromatic carbocycles. The first-order valence-electron chi connectivity index (χ1n) is 1.53. The smallest absolute Gasteiger partial charge is 0.122 e. The fourth-order valence-electron chi connectivity index (χ4n) is 0.228. The molecule has 0 aromatic rings. The Morgan fingerprint density at radius 3 is 2.67 bits per heavy atom. The third-order valence-corrected chi connectivity index (χ3v) is 1.08. The van der Waals surface area contributed by atoms with Crippen LogP contribution in [0.15, 0.2) is 4.99 Å². The first-order valence-corrected chi connectivity index (χ1v) is 2.52. The van der Waals surface area contributed by atoms with Crippen LogP contribution in [0.5, 0.6) is 0 Å². The van der Waals surface area contributed by atoms with E-state index < -0.39 is 0 Å². The summed E-state index contributed by atoms with van der Waals surface area (Å²) in [6.45, 7) is 0.977. The molecule has 0 bridgehead atoms. The zero-order chi connectivity index (χ0) is 3.54. The largest absolute Gasteiger partial charge is 0.275 e. The minimum atomic E-state index is 0. The molecule has 1 aliphatic heterocycles. The van der Waals surface area contributed by atoms with E-state index in [-0.39, 0.29) is 16.8 Å². The summed E-state index contributed by atoms with van der Waals surface area (Å²) in [4.78, 5) is 3.80. The van der Waals surface area contributed by atoms with Gasteiger partial charge in [0.25, 0.3) is 0 Å². The molecule has 0 fully saturated rings. The van der Waals surface area contributed by atoms with Crippen LogP contribution in [0.1, 0.15) is 0 Å². The minimum Gasteiger partial charge on any atom is -0.275 e.